The van der Waals surface area contributed by atoms with Gasteiger partial charge in [0.15, 0.2) is 0 Å². The van der Waals surface area contributed by atoms with Crippen molar-refractivity contribution in [2.75, 3.05) is 0 Å². The van der Waals surface area contributed by atoms with Crippen LogP contribution in [-0.4, -0.2) is 12.4 Å². The summed E-state index contributed by atoms with van der Waals surface area (Å²) in [6, 6.07) is 3.23. The summed E-state index contributed by atoms with van der Waals surface area (Å²) in [7, 11) is 0. The van der Waals surface area contributed by atoms with Crippen LogP contribution in [-0.2, 0) is 5.67 Å². The molecule has 2 aromatic carbocycles. The first-order valence-electron chi connectivity index (χ1n) is 6.48. The standard InChI is InChI=1S/C15H5Br2F9/c16-6-4-7(13(20,14(21,22)23)15(24,25)26)11(8(17)5-6)12-9(18)2-1-3-10(12)19/h1-5H. The molecule has 2 rings (SSSR count). The van der Waals surface area contributed by atoms with Gasteiger partial charge < -0.3 is 0 Å². The molecule has 0 atom stereocenters. The van der Waals surface area contributed by atoms with Crippen molar-refractivity contribution in [3.8, 4) is 11.1 Å². The second-order valence-corrected chi connectivity index (χ2v) is 6.83. The number of hydrogen-bond donors (Lipinski definition) is 0. The van der Waals surface area contributed by atoms with Crippen LogP contribution in [0.5, 0.6) is 0 Å². The number of hydrogen-bond acceptors (Lipinski definition) is 0. The maximum absolute atomic E-state index is 14.6. The van der Waals surface area contributed by atoms with Crippen LogP contribution < -0.4 is 0 Å². The third-order valence-corrected chi connectivity index (χ3v) is 4.50. The third-order valence-electron chi connectivity index (χ3n) is 3.42. The highest BCUT2D eigenvalue weighted by atomic mass is 79.9. The minimum atomic E-state index is -6.44. The van der Waals surface area contributed by atoms with Gasteiger partial charge in [0, 0.05) is 20.1 Å². The molecule has 11 heteroatoms. The molecular weight excluding hydrogens is 511 g/mol. The second-order valence-electron chi connectivity index (χ2n) is 5.06. The molecule has 0 fully saturated rings. The van der Waals surface area contributed by atoms with Gasteiger partial charge in [-0.1, -0.05) is 37.9 Å². The summed E-state index contributed by atoms with van der Waals surface area (Å²) in [6.07, 6.45) is -12.9. The van der Waals surface area contributed by atoms with Crippen LogP contribution in [0.4, 0.5) is 39.5 Å². The van der Waals surface area contributed by atoms with E-state index in [1.54, 1.807) is 0 Å². The van der Waals surface area contributed by atoms with E-state index in [2.05, 4.69) is 31.9 Å². The average Bonchev–Trinajstić information content (AvgIpc) is 2.45. The fourth-order valence-corrected chi connectivity index (χ4v) is 3.73. The van der Waals surface area contributed by atoms with Gasteiger partial charge in [-0.05, 0) is 24.3 Å². The lowest BCUT2D eigenvalue weighted by molar-refractivity contribution is -0.348. The van der Waals surface area contributed by atoms with Crippen molar-refractivity contribution >= 4 is 31.9 Å². The molecule has 0 aliphatic carbocycles. The quantitative estimate of drug-likeness (QED) is 0.364. The van der Waals surface area contributed by atoms with E-state index in [4.69, 9.17) is 0 Å². The lowest BCUT2D eigenvalue weighted by Gasteiger charge is -2.32. The van der Waals surface area contributed by atoms with E-state index in [-0.39, 0.29) is 10.5 Å². The van der Waals surface area contributed by atoms with Crippen molar-refractivity contribution < 1.29 is 39.5 Å². The zero-order valence-electron chi connectivity index (χ0n) is 12.0. The van der Waals surface area contributed by atoms with Crippen molar-refractivity contribution in [2.24, 2.45) is 0 Å². The molecule has 0 saturated heterocycles. The fourth-order valence-electron chi connectivity index (χ4n) is 2.30. The normalized spacial score (nSPS) is 13.2. The van der Waals surface area contributed by atoms with Crippen LogP contribution >= 0.6 is 31.9 Å². The summed E-state index contributed by atoms with van der Waals surface area (Å²) in [5.74, 6) is -2.91. The Labute approximate surface area is 157 Å². The Morgan fingerprint density at radius 2 is 1.15 bits per heavy atom. The summed E-state index contributed by atoms with van der Waals surface area (Å²) in [4.78, 5) is 0. The molecule has 0 aliphatic rings. The second kappa shape index (κ2) is 6.74. The topological polar surface area (TPSA) is 0 Å². The van der Waals surface area contributed by atoms with Crippen LogP contribution in [0, 0.1) is 11.6 Å². The largest absolute Gasteiger partial charge is 0.435 e. The summed E-state index contributed by atoms with van der Waals surface area (Å²) in [5.41, 5.74) is -10.3. The minimum Gasteiger partial charge on any atom is -0.218 e. The number of halogens is 11. The van der Waals surface area contributed by atoms with E-state index in [0.29, 0.717) is 12.1 Å². The summed E-state index contributed by atoms with van der Waals surface area (Å²) in [6.45, 7) is 0. The minimum absolute atomic E-state index is 0.187. The Balaban J connectivity index is 3.03. The average molecular weight is 516 g/mol. The van der Waals surface area contributed by atoms with E-state index < -0.39 is 50.8 Å². The molecule has 0 radical (unpaired) electrons. The number of rotatable bonds is 2. The third kappa shape index (κ3) is 3.35. The molecule has 2 aromatic rings. The number of benzene rings is 2. The van der Waals surface area contributed by atoms with Crippen molar-refractivity contribution in [1.82, 2.24) is 0 Å². The lowest BCUT2D eigenvalue weighted by atomic mass is 9.86. The first kappa shape index (κ1) is 21.1. The van der Waals surface area contributed by atoms with E-state index in [9.17, 15) is 39.5 Å². The molecule has 0 bridgehead atoms. The first-order valence-corrected chi connectivity index (χ1v) is 8.06. The van der Waals surface area contributed by atoms with Crippen molar-refractivity contribution in [3.63, 3.8) is 0 Å². The van der Waals surface area contributed by atoms with Gasteiger partial charge in [0.1, 0.15) is 11.6 Å². The van der Waals surface area contributed by atoms with Gasteiger partial charge in [-0.3, -0.25) is 0 Å². The van der Waals surface area contributed by atoms with E-state index in [0.717, 1.165) is 12.1 Å². The van der Waals surface area contributed by atoms with Gasteiger partial charge in [0.05, 0.1) is 5.56 Å². The van der Waals surface area contributed by atoms with Gasteiger partial charge in [-0.2, -0.15) is 26.3 Å². The zero-order valence-corrected chi connectivity index (χ0v) is 15.2. The molecule has 142 valence electrons. The smallest absolute Gasteiger partial charge is 0.218 e. The zero-order chi connectivity index (χ0) is 20.1. The van der Waals surface area contributed by atoms with Crippen molar-refractivity contribution in [1.29, 1.82) is 0 Å². The molecule has 0 unspecified atom stereocenters. The molecule has 0 spiro atoms. The van der Waals surface area contributed by atoms with E-state index >= 15 is 0 Å². The van der Waals surface area contributed by atoms with E-state index in [1.807, 2.05) is 0 Å². The summed E-state index contributed by atoms with van der Waals surface area (Å²) < 4.78 is 120. The summed E-state index contributed by atoms with van der Waals surface area (Å²) in [5, 5.41) is 0. The predicted molar refractivity (Wildman–Crippen MR) is 82.1 cm³/mol. The molecule has 0 aliphatic heterocycles. The molecule has 0 saturated carbocycles. The maximum Gasteiger partial charge on any atom is 0.435 e. The van der Waals surface area contributed by atoms with Crippen molar-refractivity contribution in [3.05, 3.63) is 56.5 Å². The van der Waals surface area contributed by atoms with Crippen LogP contribution in [0.2, 0.25) is 0 Å². The Bertz CT molecular complexity index is 806. The lowest BCUT2D eigenvalue weighted by Crippen LogP contribution is -2.50. The van der Waals surface area contributed by atoms with Gasteiger partial charge >= 0.3 is 18.0 Å². The van der Waals surface area contributed by atoms with Gasteiger partial charge in [-0.15, -0.1) is 0 Å². The SMILES string of the molecule is Fc1cccc(F)c1-c1c(Br)cc(Br)cc1C(F)(C(F)(F)F)C(F)(F)F. The summed E-state index contributed by atoms with van der Waals surface area (Å²) >= 11 is 5.33. The highest BCUT2D eigenvalue weighted by Crippen LogP contribution is 2.57. The first-order chi connectivity index (χ1) is 11.7. The van der Waals surface area contributed by atoms with Gasteiger partial charge in [0.25, 0.3) is 0 Å². The highest BCUT2D eigenvalue weighted by Gasteiger charge is 2.74. The van der Waals surface area contributed by atoms with Crippen LogP contribution in [0.1, 0.15) is 5.56 Å². The Hall–Kier alpha value is -1.23. The van der Waals surface area contributed by atoms with Crippen LogP contribution in [0.3, 0.4) is 0 Å². The molecule has 0 heterocycles. The molecule has 0 amide bonds. The maximum atomic E-state index is 14.6. The Kier molecular flexibility index (Phi) is 5.46. The monoisotopic (exact) mass is 514 g/mol. The fraction of sp³-hybridized carbons (Fsp3) is 0.200. The van der Waals surface area contributed by atoms with Gasteiger partial charge in [0.2, 0.25) is 0 Å². The van der Waals surface area contributed by atoms with E-state index in [1.165, 1.54) is 0 Å². The van der Waals surface area contributed by atoms with Crippen LogP contribution in [0.15, 0.2) is 39.3 Å². The van der Waals surface area contributed by atoms with Crippen molar-refractivity contribution in [2.45, 2.75) is 18.0 Å². The Morgan fingerprint density at radius 3 is 1.58 bits per heavy atom. The van der Waals surface area contributed by atoms with Crippen LogP contribution in [0.25, 0.3) is 11.1 Å². The molecular formula is C15H5Br2F9. The Morgan fingerprint density at radius 1 is 0.692 bits per heavy atom. The molecule has 0 N–H and O–H groups in total. The molecule has 0 nitrogen and oxygen atoms in total. The highest BCUT2D eigenvalue weighted by molar-refractivity contribution is 9.11. The van der Waals surface area contributed by atoms with Gasteiger partial charge in [-0.25, -0.2) is 13.2 Å². The predicted octanol–water partition coefficient (Wildman–Crippen LogP) is 7.45. The molecule has 0 aromatic heterocycles. The number of alkyl halides is 7. The molecule has 26 heavy (non-hydrogen) atoms.